The first kappa shape index (κ1) is 20.2. The lowest BCUT2D eigenvalue weighted by molar-refractivity contribution is -0.129. The highest BCUT2D eigenvalue weighted by Crippen LogP contribution is 2.44. The Morgan fingerprint density at radius 2 is 2.00 bits per heavy atom. The number of benzene rings is 1. The molecule has 1 saturated carbocycles. The molecule has 7 heteroatoms. The molecule has 0 saturated heterocycles. The van der Waals surface area contributed by atoms with Gasteiger partial charge >= 0.3 is 5.97 Å². The molecule has 7 nitrogen and oxygen atoms in total. The van der Waals surface area contributed by atoms with Crippen LogP contribution < -0.4 is 0 Å². The zero-order chi connectivity index (χ0) is 21.3. The van der Waals surface area contributed by atoms with Crippen LogP contribution in [0.1, 0.15) is 53.9 Å². The molecule has 1 fully saturated rings. The minimum absolute atomic E-state index is 0.0358. The van der Waals surface area contributed by atoms with Crippen LogP contribution in [-0.2, 0) is 16.1 Å². The van der Waals surface area contributed by atoms with Gasteiger partial charge in [0.1, 0.15) is 6.54 Å². The van der Waals surface area contributed by atoms with Gasteiger partial charge in [0.15, 0.2) is 12.2 Å². The molecule has 1 aliphatic carbocycles. The van der Waals surface area contributed by atoms with E-state index in [4.69, 9.17) is 9.15 Å². The third kappa shape index (κ3) is 3.60. The van der Waals surface area contributed by atoms with Gasteiger partial charge in [0.25, 0.3) is 0 Å². The Morgan fingerprint density at radius 3 is 2.63 bits per heavy atom. The van der Waals surface area contributed by atoms with Crippen molar-refractivity contribution in [3.8, 4) is 11.5 Å². The van der Waals surface area contributed by atoms with Crippen LogP contribution in [-0.4, -0.2) is 47.5 Å². The molecular formula is C23H27N3O4. The van der Waals surface area contributed by atoms with E-state index in [-0.39, 0.29) is 12.5 Å². The van der Waals surface area contributed by atoms with Gasteiger partial charge in [-0.15, -0.1) is 0 Å². The summed E-state index contributed by atoms with van der Waals surface area (Å²) in [7, 11) is 4.85. The van der Waals surface area contributed by atoms with Crippen LogP contribution >= 0.6 is 0 Å². The van der Waals surface area contributed by atoms with Crippen molar-refractivity contribution < 1.29 is 18.7 Å². The number of hydrogen-bond donors (Lipinski definition) is 0. The fourth-order valence-electron chi connectivity index (χ4n) is 4.46. The largest absolute Gasteiger partial charge is 0.465 e. The van der Waals surface area contributed by atoms with Gasteiger partial charge in [-0.05, 0) is 36.5 Å². The maximum absolute atomic E-state index is 12.7. The van der Waals surface area contributed by atoms with Crippen molar-refractivity contribution in [3.05, 3.63) is 41.9 Å². The summed E-state index contributed by atoms with van der Waals surface area (Å²) in [5.74, 6) is 0.578. The number of carbonyl (C=O) groups excluding carboxylic acids is 2. The number of ether oxygens (including phenoxy) is 1. The number of aromatic nitrogens is 2. The van der Waals surface area contributed by atoms with Crippen LogP contribution in [0.15, 0.2) is 35.2 Å². The van der Waals surface area contributed by atoms with Crippen molar-refractivity contribution in [2.24, 2.45) is 0 Å². The van der Waals surface area contributed by atoms with E-state index in [2.05, 4.69) is 4.98 Å². The van der Waals surface area contributed by atoms with Gasteiger partial charge in [-0.25, -0.2) is 9.78 Å². The van der Waals surface area contributed by atoms with Crippen LogP contribution in [0.3, 0.4) is 0 Å². The molecule has 0 spiro atoms. The predicted octanol–water partition coefficient (Wildman–Crippen LogP) is 4.22. The predicted molar refractivity (Wildman–Crippen MR) is 113 cm³/mol. The number of rotatable bonds is 5. The lowest BCUT2D eigenvalue weighted by atomic mass is 9.82. The van der Waals surface area contributed by atoms with Crippen molar-refractivity contribution in [2.75, 3.05) is 21.2 Å². The Hall–Kier alpha value is -3.09. The Bertz CT molecular complexity index is 1060. The van der Waals surface area contributed by atoms with Crippen molar-refractivity contribution in [1.29, 1.82) is 0 Å². The first-order chi connectivity index (χ1) is 14.5. The SMILES string of the molecule is COC(=O)c1ccc2c(C3CCCCC3)c(-c3cnco3)n(CC(=O)N(C)C)c2c1. The average molecular weight is 409 g/mol. The number of fused-ring (bicyclic) bond motifs is 1. The lowest BCUT2D eigenvalue weighted by Crippen LogP contribution is -2.26. The van der Waals surface area contributed by atoms with E-state index >= 15 is 0 Å². The van der Waals surface area contributed by atoms with Crippen LogP contribution in [0.2, 0.25) is 0 Å². The summed E-state index contributed by atoms with van der Waals surface area (Å²) in [4.78, 5) is 30.6. The molecule has 3 aromatic rings. The average Bonchev–Trinajstić information content (AvgIpc) is 3.39. The monoisotopic (exact) mass is 409 g/mol. The minimum atomic E-state index is -0.399. The zero-order valence-corrected chi connectivity index (χ0v) is 17.7. The topological polar surface area (TPSA) is 77.6 Å². The third-order valence-corrected chi connectivity index (χ3v) is 6.00. The highest BCUT2D eigenvalue weighted by Gasteiger charge is 2.29. The molecule has 1 aliphatic rings. The lowest BCUT2D eigenvalue weighted by Gasteiger charge is -2.23. The summed E-state index contributed by atoms with van der Waals surface area (Å²) in [6.07, 6.45) is 8.92. The molecule has 158 valence electrons. The van der Waals surface area contributed by atoms with E-state index < -0.39 is 5.97 Å². The molecule has 0 unspecified atom stereocenters. The first-order valence-corrected chi connectivity index (χ1v) is 10.3. The molecule has 0 N–H and O–H groups in total. The van der Waals surface area contributed by atoms with E-state index in [1.807, 2.05) is 16.7 Å². The molecule has 0 bridgehead atoms. The summed E-state index contributed by atoms with van der Waals surface area (Å²) in [6, 6.07) is 5.58. The molecular weight excluding hydrogens is 382 g/mol. The summed E-state index contributed by atoms with van der Waals surface area (Å²) < 4.78 is 12.6. The second kappa shape index (κ2) is 8.34. The van der Waals surface area contributed by atoms with Gasteiger partial charge in [-0.1, -0.05) is 25.3 Å². The summed E-state index contributed by atoms with van der Waals surface area (Å²) >= 11 is 0. The number of amides is 1. The van der Waals surface area contributed by atoms with E-state index in [1.54, 1.807) is 31.3 Å². The minimum Gasteiger partial charge on any atom is -0.465 e. The Balaban J connectivity index is 2.00. The van der Waals surface area contributed by atoms with E-state index in [0.717, 1.165) is 29.4 Å². The maximum atomic E-state index is 12.7. The van der Waals surface area contributed by atoms with Crippen LogP contribution in [0.25, 0.3) is 22.4 Å². The number of oxazole rings is 1. The Kier molecular flexibility index (Phi) is 5.61. The normalized spacial score (nSPS) is 14.8. The van der Waals surface area contributed by atoms with Crippen molar-refractivity contribution in [3.63, 3.8) is 0 Å². The van der Waals surface area contributed by atoms with E-state index in [9.17, 15) is 9.59 Å². The van der Waals surface area contributed by atoms with Crippen molar-refractivity contribution >= 4 is 22.8 Å². The number of esters is 1. The van der Waals surface area contributed by atoms with Gasteiger partial charge in [0.05, 0.1) is 30.1 Å². The molecule has 30 heavy (non-hydrogen) atoms. The summed E-state index contributed by atoms with van der Waals surface area (Å²) in [5.41, 5.74) is 3.36. The standard InChI is InChI=1S/C23H27N3O4/c1-25(2)20(27)13-26-18-11-16(23(28)29-3)9-10-17(18)21(15-7-5-4-6-8-15)22(26)19-12-24-14-30-19/h9-12,14-15H,4-8,13H2,1-3H3. The van der Waals surface area contributed by atoms with Crippen molar-refractivity contribution in [2.45, 2.75) is 44.6 Å². The van der Waals surface area contributed by atoms with Crippen LogP contribution in [0.5, 0.6) is 0 Å². The van der Waals surface area contributed by atoms with Crippen LogP contribution in [0, 0.1) is 0 Å². The number of nitrogens with zero attached hydrogens (tertiary/aromatic N) is 3. The fourth-order valence-corrected chi connectivity index (χ4v) is 4.46. The van der Waals surface area contributed by atoms with Gasteiger partial charge in [0, 0.05) is 19.5 Å². The number of likely N-dealkylation sites (N-methyl/N-ethyl adjacent to an activating group) is 1. The quantitative estimate of drug-likeness (QED) is 0.590. The maximum Gasteiger partial charge on any atom is 0.337 e. The van der Waals surface area contributed by atoms with E-state index in [0.29, 0.717) is 17.2 Å². The Labute approximate surface area is 175 Å². The molecule has 2 aromatic heterocycles. The first-order valence-electron chi connectivity index (χ1n) is 10.3. The number of methoxy groups -OCH3 is 1. The van der Waals surface area contributed by atoms with Gasteiger partial charge in [-0.2, -0.15) is 0 Å². The molecule has 0 radical (unpaired) electrons. The molecule has 0 aliphatic heterocycles. The highest BCUT2D eigenvalue weighted by molar-refractivity contribution is 5.99. The highest BCUT2D eigenvalue weighted by atomic mass is 16.5. The molecule has 0 atom stereocenters. The zero-order valence-electron chi connectivity index (χ0n) is 17.7. The van der Waals surface area contributed by atoms with Gasteiger partial charge < -0.3 is 18.6 Å². The second-order valence-electron chi connectivity index (χ2n) is 8.06. The van der Waals surface area contributed by atoms with E-state index in [1.165, 1.54) is 38.3 Å². The fraction of sp³-hybridized carbons (Fsp3) is 0.435. The van der Waals surface area contributed by atoms with Gasteiger partial charge in [0.2, 0.25) is 5.91 Å². The molecule has 1 aromatic carbocycles. The molecule has 1 amide bonds. The van der Waals surface area contributed by atoms with Crippen LogP contribution in [0.4, 0.5) is 0 Å². The number of carbonyl (C=O) groups is 2. The molecule has 2 heterocycles. The molecule has 4 rings (SSSR count). The second-order valence-corrected chi connectivity index (χ2v) is 8.06. The Morgan fingerprint density at radius 1 is 1.23 bits per heavy atom. The van der Waals surface area contributed by atoms with Gasteiger partial charge in [-0.3, -0.25) is 4.79 Å². The third-order valence-electron chi connectivity index (χ3n) is 6.00. The smallest absolute Gasteiger partial charge is 0.337 e. The van der Waals surface area contributed by atoms with Crippen molar-refractivity contribution in [1.82, 2.24) is 14.5 Å². The summed E-state index contributed by atoms with van der Waals surface area (Å²) in [5, 5.41) is 1.05. The summed E-state index contributed by atoms with van der Waals surface area (Å²) in [6.45, 7) is 0.150. The number of hydrogen-bond acceptors (Lipinski definition) is 5.